The van der Waals surface area contributed by atoms with Gasteiger partial charge in [0.25, 0.3) is 0 Å². The molecule has 2 aromatic rings. The summed E-state index contributed by atoms with van der Waals surface area (Å²) in [5, 5.41) is 19.7. The number of likely N-dealkylation sites (tertiary alicyclic amines) is 1. The topological polar surface area (TPSA) is 79.2 Å². The van der Waals surface area contributed by atoms with Crippen LogP contribution in [0.5, 0.6) is 5.75 Å². The molecule has 1 fully saturated rings. The summed E-state index contributed by atoms with van der Waals surface area (Å²) in [6.45, 7) is 6.14. The second kappa shape index (κ2) is 9.49. The average molecular weight is 414 g/mol. The average Bonchev–Trinajstić information content (AvgIpc) is 3.16. The molecule has 3 rings (SSSR count). The zero-order valence-corrected chi connectivity index (χ0v) is 17.9. The van der Waals surface area contributed by atoms with Gasteiger partial charge in [-0.15, -0.1) is 0 Å². The number of aliphatic hydroxyl groups excluding tert-OH is 2. The molecule has 6 nitrogen and oxygen atoms in total. The van der Waals surface area contributed by atoms with Crippen LogP contribution in [0.3, 0.4) is 0 Å². The molecule has 1 saturated heterocycles. The Bertz CT molecular complexity index is 846. The summed E-state index contributed by atoms with van der Waals surface area (Å²) < 4.78 is 11.5. The van der Waals surface area contributed by atoms with E-state index in [4.69, 9.17) is 9.47 Å². The minimum absolute atomic E-state index is 0.0620. The number of carbonyl (C=O) groups excluding carboxylic acids is 1. The maximum Gasteiger partial charge on any atom is 0.410 e. The third-order valence-electron chi connectivity index (χ3n) is 5.21. The van der Waals surface area contributed by atoms with E-state index in [2.05, 4.69) is 0 Å². The molecule has 0 aromatic heterocycles. The minimum Gasteiger partial charge on any atom is -0.489 e. The Morgan fingerprint density at radius 3 is 2.47 bits per heavy atom. The second-order valence-electron chi connectivity index (χ2n) is 8.66. The molecule has 0 unspecified atom stereocenters. The van der Waals surface area contributed by atoms with Gasteiger partial charge >= 0.3 is 6.09 Å². The van der Waals surface area contributed by atoms with Crippen molar-refractivity contribution in [2.75, 3.05) is 13.2 Å². The summed E-state index contributed by atoms with van der Waals surface area (Å²) in [5.74, 6) is 0.598. The number of benzene rings is 2. The first kappa shape index (κ1) is 22.1. The molecule has 0 radical (unpaired) electrons. The molecule has 0 bridgehead atoms. The van der Waals surface area contributed by atoms with E-state index in [1.165, 1.54) is 0 Å². The van der Waals surface area contributed by atoms with Crippen molar-refractivity contribution in [2.24, 2.45) is 0 Å². The zero-order valence-electron chi connectivity index (χ0n) is 17.9. The Morgan fingerprint density at radius 2 is 1.83 bits per heavy atom. The molecule has 2 aromatic carbocycles. The SMILES string of the molecule is CC(C)(C)OC(=O)N1CC[C@H](c2cc(CO)cc(OCc3ccccc3)c2)[C@H]1CO. The van der Waals surface area contributed by atoms with Crippen LogP contribution in [0, 0.1) is 0 Å². The molecule has 1 heterocycles. The molecule has 162 valence electrons. The highest BCUT2D eigenvalue weighted by Crippen LogP contribution is 2.36. The Kier molecular flexibility index (Phi) is 7.00. The molecule has 2 atom stereocenters. The summed E-state index contributed by atoms with van der Waals surface area (Å²) in [6, 6.07) is 15.2. The van der Waals surface area contributed by atoms with E-state index in [0.29, 0.717) is 25.3 Å². The van der Waals surface area contributed by atoms with Crippen molar-refractivity contribution in [1.82, 2.24) is 4.90 Å². The van der Waals surface area contributed by atoms with Gasteiger partial charge in [-0.25, -0.2) is 4.79 Å². The van der Waals surface area contributed by atoms with E-state index >= 15 is 0 Å². The fourth-order valence-electron chi connectivity index (χ4n) is 3.83. The van der Waals surface area contributed by atoms with E-state index in [1.807, 2.05) is 69.3 Å². The van der Waals surface area contributed by atoms with E-state index in [-0.39, 0.29) is 25.2 Å². The predicted octanol–water partition coefficient (Wildman–Crippen LogP) is 3.84. The molecule has 1 aliphatic heterocycles. The van der Waals surface area contributed by atoms with Crippen LogP contribution in [0.2, 0.25) is 0 Å². The number of amides is 1. The first-order chi connectivity index (χ1) is 14.3. The van der Waals surface area contributed by atoms with Crippen LogP contribution in [0.4, 0.5) is 4.79 Å². The third-order valence-corrected chi connectivity index (χ3v) is 5.21. The van der Waals surface area contributed by atoms with Crippen LogP contribution < -0.4 is 4.74 Å². The van der Waals surface area contributed by atoms with Gasteiger partial charge in [0.05, 0.1) is 19.3 Å². The number of hydrogen-bond acceptors (Lipinski definition) is 5. The van der Waals surface area contributed by atoms with Gasteiger partial charge in [-0.2, -0.15) is 0 Å². The molecule has 0 saturated carbocycles. The predicted molar refractivity (Wildman–Crippen MR) is 114 cm³/mol. The van der Waals surface area contributed by atoms with Gasteiger partial charge < -0.3 is 24.6 Å². The lowest BCUT2D eigenvalue weighted by molar-refractivity contribution is 0.0165. The molecule has 0 spiro atoms. The first-order valence-corrected chi connectivity index (χ1v) is 10.3. The van der Waals surface area contributed by atoms with Crippen molar-refractivity contribution in [3.63, 3.8) is 0 Å². The third kappa shape index (κ3) is 5.52. The fourth-order valence-corrected chi connectivity index (χ4v) is 3.83. The van der Waals surface area contributed by atoms with Crippen LogP contribution in [-0.2, 0) is 18.0 Å². The standard InChI is InChI=1S/C24H31NO5/c1-24(2,3)30-23(28)25-10-9-21(22(25)15-27)19-11-18(14-26)12-20(13-19)29-16-17-7-5-4-6-8-17/h4-8,11-13,21-22,26-27H,9-10,14-16H2,1-3H3/t21-,22-/m1/s1. The summed E-state index contributed by atoms with van der Waals surface area (Å²) >= 11 is 0. The van der Waals surface area contributed by atoms with E-state index in [9.17, 15) is 15.0 Å². The number of aliphatic hydroxyl groups is 2. The number of nitrogens with zero attached hydrogens (tertiary/aromatic N) is 1. The Hall–Kier alpha value is -2.57. The largest absolute Gasteiger partial charge is 0.489 e. The Balaban J connectivity index is 1.79. The molecular formula is C24H31NO5. The van der Waals surface area contributed by atoms with Crippen molar-refractivity contribution >= 4 is 6.09 Å². The molecular weight excluding hydrogens is 382 g/mol. The van der Waals surface area contributed by atoms with E-state index in [1.54, 1.807) is 4.90 Å². The van der Waals surface area contributed by atoms with Crippen molar-refractivity contribution in [3.05, 3.63) is 65.2 Å². The smallest absolute Gasteiger partial charge is 0.410 e. The van der Waals surface area contributed by atoms with Crippen LogP contribution in [-0.4, -0.2) is 46.0 Å². The number of rotatable bonds is 6. The van der Waals surface area contributed by atoms with Gasteiger partial charge in [-0.3, -0.25) is 0 Å². The molecule has 30 heavy (non-hydrogen) atoms. The Labute approximate surface area is 178 Å². The molecule has 6 heteroatoms. The normalized spacial score (nSPS) is 19.0. The zero-order chi connectivity index (χ0) is 21.7. The van der Waals surface area contributed by atoms with E-state index in [0.717, 1.165) is 16.7 Å². The Morgan fingerprint density at radius 1 is 1.10 bits per heavy atom. The van der Waals surface area contributed by atoms with Crippen LogP contribution in [0.25, 0.3) is 0 Å². The van der Waals surface area contributed by atoms with Crippen LogP contribution in [0.15, 0.2) is 48.5 Å². The van der Waals surface area contributed by atoms with Crippen LogP contribution in [0.1, 0.15) is 49.8 Å². The number of ether oxygens (including phenoxy) is 2. The van der Waals surface area contributed by atoms with Gasteiger partial charge in [0, 0.05) is 12.5 Å². The monoisotopic (exact) mass is 413 g/mol. The van der Waals surface area contributed by atoms with Crippen molar-refractivity contribution < 1.29 is 24.5 Å². The van der Waals surface area contributed by atoms with E-state index < -0.39 is 11.7 Å². The number of hydrogen-bond donors (Lipinski definition) is 2. The summed E-state index contributed by atoms with van der Waals surface area (Å²) in [7, 11) is 0. The lowest BCUT2D eigenvalue weighted by atomic mass is 9.90. The van der Waals surface area contributed by atoms with Gasteiger partial charge in [0.15, 0.2) is 0 Å². The first-order valence-electron chi connectivity index (χ1n) is 10.3. The molecule has 1 amide bonds. The van der Waals surface area contributed by atoms with Crippen LogP contribution >= 0.6 is 0 Å². The van der Waals surface area contributed by atoms with Gasteiger partial charge in [0.2, 0.25) is 0 Å². The highest BCUT2D eigenvalue weighted by molar-refractivity contribution is 5.69. The lowest BCUT2D eigenvalue weighted by Crippen LogP contribution is -2.42. The van der Waals surface area contributed by atoms with Crippen molar-refractivity contribution in [2.45, 2.75) is 58.0 Å². The van der Waals surface area contributed by atoms with Gasteiger partial charge in [-0.1, -0.05) is 36.4 Å². The quantitative estimate of drug-likeness (QED) is 0.752. The van der Waals surface area contributed by atoms with Crippen molar-refractivity contribution in [1.29, 1.82) is 0 Å². The highest BCUT2D eigenvalue weighted by Gasteiger charge is 2.39. The minimum atomic E-state index is -0.593. The number of carbonyl (C=O) groups is 1. The fraction of sp³-hybridized carbons (Fsp3) is 0.458. The molecule has 1 aliphatic rings. The summed E-state index contributed by atoms with van der Waals surface area (Å²) in [4.78, 5) is 14.2. The maximum atomic E-state index is 12.6. The maximum absolute atomic E-state index is 12.6. The second-order valence-corrected chi connectivity index (χ2v) is 8.66. The summed E-state index contributed by atoms with van der Waals surface area (Å²) in [5.41, 5.74) is 2.14. The van der Waals surface area contributed by atoms with Crippen molar-refractivity contribution in [3.8, 4) is 5.75 Å². The van der Waals surface area contributed by atoms with Gasteiger partial charge in [-0.05, 0) is 56.0 Å². The molecule has 2 N–H and O–H groups in total. The lowest BCUT2D eigenvalue weighted by Gasteiger charge is -2.30. The highest BCUT2D eigenvalue weighted by atomic mass is 16.6. The summed E-state index contributed by atoms with van der Waals surface area (Å²) in [6.07, 6.45) is 0.292. The molecule has 0 aliphatic carbocycles. The van der Waals surface area contributed by atoms with Gasteiger partial charge in [0.1, 0.15) is 18.0 Å².